The summed E-state index contributed by atoms with van der Waals surface area (Å²) < 4.78 is 0. The Morgan fingerprint density at radius 1 is 1.59 bits per heavy atom. The molecule has 0 bridgehead atoms. The van der Waals surface area contributed by atoms with E-state index in [1.54, 1.807) is 13.0 Å². The van der Waals surface area contributed by atoms with E-state index in [1.807, 2.05) is 12.1 Å². The summed E-state index contributed by atoms with van der Waals surface area (Å²) in [6, 6.07) is 5.43. The van der Waals surface area contributed by atoms with Crippen LogP contribution in [0.3, 0.4) is 0 Å². The highest BCUT2D eigenvalue weighted by molar-refractivity contribution is 7.80. The van der Waals surface area contributed by atoms with Gasteiger partial charge in [0.15, 0.2) is 10.9 Å². The average Bonchev–Trinajstić information content (AvgIpc) is 2.68. The van der Waals surface area contributed by atoms with Crippen LogP contribution in [0.15, 0.2) is 23.3 Å². The topological polar surface area (TPSA) is 79.1 Å². The molecular formula is C10H10ClN5S. The molecule has 0 radical (unpaired) electrons. The van der Waals surface area contributed by atoms with Crippen LogP contribution in [-0.4, -0.2) is 20.8 Å². The first-order valence-electron chi connectivity index (χ1n) is 4.81. The van der Waals surface area contributed by atoms with E-state index in [-0.39, 0.29) is 5.11 Å². The highest BCUT2D eigenvalue weighted by Crippen LogP contribution is 2.17. The maximum absolute atomic E-state index is 5.89. The summed E-state index contributed by atoms with van der Waals surface area (Å²) >= 11 is 10.5. The lowest BCUT2D eigenvalue weighted by Crippen LogP contribution is -2.25. The van der Waals surface area contributed by atoms with Gasteiger partial charge in [-0.3, -0.25) is 5.43 Å². The molecule has 0 unspecified atom stereocenters. The first-order valence-corrected chi connectivity index (χ1v) is 5.60. The minimum absolute atomic E-state index is 0.114. The number of halogens is 1. The molecule has 7 heteroatoms. The maximum Gasteiger partial charge on any atom is 0.184 e. The number of aromatic amines is 1. The fraction of sp³-hybridized carbons (Fsp3) is 0.100. The Hall–Kier alpha value is -1.66. The zero-order chi connectivity index (χ0) is 12.4. The van der Waals surface area contributed by atoms with Gasteiger partial charge in [0.1, 0.15) is 5.71 Å². The standard InChI is InChI=1S/C10H10ClN5S/c1-5(15-16-10(12)17)9-13-7-3-2-6(11)4-8(7)14-9/h2-4H,1H3,(H,13,14)(H3,12,16,17)/b15-5+. The van der Waals surface area contributed by atoms with Gasteiger partial charge in [-0.15, -0.1) is 0 Å². The largest absolute Gasteiger partial charge is 0.375 e. The Kier molecular flexibility index (Phi) is 3.26. The lowest BCUT2D eigenvalue weighted by atomic mass is 10.3. The van der Waals surface area contributed by atoms with Crippen LogP contribution in [0, 0.1) is 0 Å². The minimum Gasteiger partial charge on any atom is -0.375 e. The van der Waals surface area contributed by atoms with Crippen molar-refractivity contribution in [3.05, 3.63) is 29.0 Å². The van der Waals surface area contributed by atoms with Gasteiger partial charge in [0.2, 0.25) is 0 Å². The maximum atomic E-state index is 5.89. The van der Waals surface area contributed by atoms with E-state index < -0.39 is 0 Å². The molecule has 2 rings (SSSR count). The SMILES string of the molecule is C/C(=N\NC(N)=S)c1nc2ccc(Cl)cc2[nH]1. The first kappa shape index (κ1) is 11.8. The molecule has 1 aromatic heterocycles. The molecular weight excluding hydrogens is 258 g/mol. The fourth-order valence-corrected chi connectivity index (χ4v) is 1.56. The molecule has 5 nitrogen and oxygen atoms in total. The third-order valence-electron chi connectivity index (χ3n) is 2.12. The van der Waals surface area contributed by atoms with Gasteiger partial charge < -0.3 is 10.7 Å². The lowest BCUT2D eigenvalue weighted by Gasteiger charge is -1.97. The van der Waals surface area contributed by atoms with E-state index in [0.29, 0.717) is 16.6 Å². The van der Waals surface area contributed by atoms with E-state index >= 15 is 0 Å². The Labute approximate surface area is 108 Å². The van der Waals surface area contributed by atoms with Gasteiger partial charge in [0.05, 0.1) is 11.0 Å². The number of nitrogens with zero attached hydrogens (tertiary/aromatic N) is 2. The number of hydrogen-bond donors (Lipinski definition) is 3. The van der Waals surface area contributed by atoms with Gasteiger partial charge >= 0.3 is 0 Å². The van der Waals surface area contributed by atoms with Crippen LogP contribution in [0.25, 0.3) is 11.0 Å². The van der Waals surface area contributed by atoms with Gasteiger partial charge in [0.25, 0.3) is 0 Å². The van der Waals surface area contributed by atoms with Crippen molar-refractivity contribution in [2.24, 2.45) is 10.8 Å². The van der Waals surface area contributed by atoms with Crippen LogP contribution in [0.5, 0.6) is 0 Å². The fourth-order valence-electron chi connectivity index (χ4n) is 1.35. The van der Waals surface area contributed by atoms with Crippen molar-refractivity contribution in [3.63, 3.8) is 0 Å². The molecule has 0 spiro atoms. The van der Waals surface area contributed by atoms with Crippen molar-refractivity contribution >= 4 is 45.7 Å². The van der Waals surface area contributed by atoms with Gasteiger partial charge in [0, 0.05) is 5.02 Å². The smallest absolute Gasteiger partial charge is 0.184 e. The van der Waals surface area contributed by atoms with Crippen molar-refractivity contribution in [2.75, 3.05) is 0 Å². The molecule has 0 aliphatic carbocycles. The monoisotopic (exact) mass is 267 g/mol. The summed E-state index contributed by atoms with van der Waals surface area (Å²) in [7, 11) is 0. The predicted octanol–water partition coefficient (Wildman–Crippen LogP) is 1.77. The average molecular weight is 268 g/mol. The number of aromatic nitrogens is 2. The zero-order valence-electron chi connectivity index (χ0n) is 8.99. The number of hydrogen-bond acceptors (Lipinski definition) is 3. The molecule has 1 heterocycles. The Balaban J connectivity index is 2.36. The van der Waals surface area contributed by atoms with Crippen LogP contribution < -0.4 is 11.2 Å². The zero-order valence-corrected chi connectivity index (χ0v) is 10.6. The molecule has 17 heavy (non-hydrogen) atoms. The molecule has 2 aromatic rings. The minimum atomic E-state index is 0.114. The molecule has 0 amide bonds. The molecule has 0 saturated carbocycles. The highest BCUT2D eigenvalue weighted by Gasteiger charge is 2.05. The molecule has 0 fully saturated rings. The van der Waals surface area contributed by atoms with Gasteiger partial charge in [-0.05, 0) is 37.3 Å². The lowest BCUT2D eigenvalue weighted by molar-refractivity contribution is 1.02. The molecule has 0 saturated heterocycles. The summed E-state index contributed by atoms with van der Waals surface area (Å²) in [5.74, 6) is 0.644. The van der Waals surface area contributed by atoms with Gasteiger partial charge in [-0.2, -0.15) is 5.10 Å². The van der Waals surface area contributed by atoms with Crippen molar-refractivity contribution < 1.29 is 0 Å². The number of imidazole rings is 1. The molecule has 0 atom stereocenters. The third-order valence-corrected chi connectivity index (χ3v) is 2.45. The van der Waals surface area contributed by atoms with Crippen molar-refractivity contribution in [1.29, 1.82) is 0 Å². The molecule has 4 N–H and O–H groups in total. The number of nitrogens with two attached hydrogens (primary N) is 1. The number of fused-ring (bicyclic) bond motifs is 1. The quantitative estimate of drug-likeness (QED) is 0.440. The van der Waals surface area contributed by atoms with Crippen LogP contribution >= 0.6 is 23.8 Å². The molecule has 1 aromatic carbocycles. The summed E-state index contributed by atoms with van der Waals surface area (Å²) in [5.41, 5.74) is 10.1. The van der Waals surface area contributed by atoms with E-state index in [0.717, 1.165) is 11.0 Å². The Morgan fingerprint density at radius 2 is 2.35 bits per heavy atom. The predicted molar refractivity (Wildman–Crippen MR) is 73.2 cm³/mol. The number of benzene rings is 1. The number of nitrogens with one attached hydrogen (secondary N) is 2. The summed E-state index contributed by atoms with van der Waals surface area (Å²) in [6.07, 6.45) is 0. The molecule has 0 aliphatic heterocycles. The van der Waals surface area contributed by atoms with Crippen LogP contribution in [0.2, 0.25) is 5.02 Å². The normalized spacial score (nSPS) is 11.8. The van der Waals surface area contributed by atoms with E-state index in [4.69, 9.17) is 17.3 Å². The van der Waals surface area contributed by atoms with Crippen LogP contribution in [0.1, 0.15) is 12.7 Å². The number of hydrazone groups is 1. The molecule has 88 valence electrons. The number of H-pyrrole nitrogens is 1. The second-order valence-corrected chi connectivity index (χ2v) is 4.30. The summed E-state index contributed by atoms with van der Waals surface area (Å²) in [6.45, 7) is 1.80. The highest BCUT2D eigenvalue weighted by atomic mass is 35.5. The molecule has 0 aliphatic rings. The Bertz CT molecular complexity index is 604. The van der Waals surface area contributed by atoms with Crippen molar-refractivity contribution in [1.82, 2.24) is 15.4 Å². The van der Waals surface area contributed by atoms with E-state index in [2.05, 4.69) is 32.7 Å². The van der Waals surface area contributed by atoms with Crippen LogP contribution in [-0.2, 0) is 0 Å². The second kappa shape index (κ2) is 4.68. The summed E-state index contributed by atoms with van der Waals surface area (Å²) in [4.78, 5) is 7.47. The van der Waals surface area contributed by atoms with E-state index in [1.165, 1.54) is 0 Å². The van der Waals surface area contributed by atoms with E-state index in [9.17, 15) is 0 Å². The number of rotatable bonds is 2. The summed E-state index contributed by atoms with van der Waals surface area (Å²) in [5, 5.41) is 4.76. The number of thiocarbonyl (C=S) groups is 1. The Morgan fingerprint density at radius 3 is 3.06 bits per heavy atom. The third kappa shape index (κ3) is 2.72. The van der Waals surface area contributed by atoms with Gasteiger partial charge in [-0.1, -0.05) is 11.6 Å². The van der Waals surface area contributed by atoms with Crippen molar-refractivity contribution in [3.8, 4) is 0 Å². The van der Waals surface area contributed by atoms with Crippen LogP contribution in [0.4, 0.5) is 0 Å². The van der Waals surface area contributed by atoms with Gasteiger partial charge in [-0.25, -0.2) is 4.98 Å². The van der Waals surface area contributed by atoms with Crippen molar-refractivity contribution in [2.45, 2.75) is 6.92 Å². The second-order valence-electron chi connectivity index (χ2n) is 3.42. The first-order chi connectivity index (χ1) is 8.06.